The van der Waals surface area contributed by atoms with Gasteiger partial charge in [-0.2, -0.15) is 0 Å². The number of nitroso groups, excluding NO2 is 1. The Kier molecular flexibility index (Phi) is 2.87. The predicted molar refractivity (Wildman–Crippen MR) is 53.3 cm³/mol. The average Bonchev–Trinajstić information content (AvgIpc) is 2.03. The van der Waals surface area contributed by atoms with Gasteiger partial charge in [0.25, 0.3) is 0 Å². The Balaban J connectivity index is 3.27. The van der Waals surface area contributed by atoms with E-state index in [2.05, 4.69) is 24.7 Å². The topological polar surface area (TPSA) is 29.4 Å². The number of hydrogen-bond acceptors (Lipinski definition) is 3. The van der Waals surface area contributed by atoms with Crippen molar-refractivity contribution in [1.29, 1.82) is 0 Å². The van der Waals surface area contributed by atoms with Gasteiger partial charge in [0.2, 0.25) is 0 Å². The summed E-state index contributed by atoms with van der Waals surface area (Å²) in [5.41, 5.74) is 2.54. The first-order valence-electron chi connectivity index (χ1n) is 3.85. The minimum absolute atomic E-state index is 0.454. The van der Waals surface area contributed by atoms with Gasteiger partial charge in [-0.25, -0.2) is 0 Å². The van der Waals surface area contributed by atoms with Gasteiger partial charge in [0.1, 0.15) is 5.69 Å². The van der Waals surface area contributed by atoms with E-state index in [-0.39, 0.29) is 0 Å². The molecular formula is C9H11NOS. The highest BCUT2D eigenvalue weighted by Crippen LogP contribution is 2.28. The molecule has 0 aliphatic heterocycles. The van der Waals surface area contributed by atoms with Gasteiger partial charge >= 0.3 is 0 Å². The first-order valence-corrected chi connectivity index (χ1v) is 4.29. The predicted octanol–water partition coefficient (Wildman–Crippen LogP) is 3.24. The lowest BCUT2D eigenvalue weighted by Gasteiger charge is -2.03. The second-order valence-electron chi connectivity index (χ2n) is 2.73. The van der Waals surface area contributed by atoms with Crippen LogP contribution in [0.4, 0.5) is 5.69 Å². The van der Waals surface area contributed by atoms with Gasteiger partial charge in [0, 0.05) is 4.90 Å². The van der Waals surface area contributed by atoms with Crippen LogP contribution in [0.2, 0.25) is 0 Å². The quantitative estimate of drug-likeness (QED) is 0.550. The van der Waals surface area contributed by atoms with Crippen molar-refractivity contribution in [2.75, 3.05) is 0 Å². The summed E-state index contributed by atoms with van der Waals surface area (Å²) in [4.78, 5) is 11.0. The molecule has 0 aliphatic rings. The van der Waals surface area contributed by atoms with Gasteiger partial charge < -0.3 is 0 Å². The molecule has 0 saturated carbocycles. The summed E-state index contributed by atoms with van der Waals surface area (Å²) >= 11 is 4.18. The molecule has 0 spiro atoms. The van der Waals surface area contributed by atoms with Gasteiger partial charge in [-0.15, -0.1) is 17.5 Å². The molecule has 12 heavy (non-hydrogen) atoms. The van der Waals surface area contributed by atoms with Crippen molar-refractivity contribution in [1.82, 2.24) is 0 Å². The Labute approximate surface area is 77.4 Å². The van der Waals surface area contributed by atoms with E-state index in [1.807, 2.05) is 19.1 Å². The van der Waals surface area contributed by atoms with Crippen molar-refractivity contribution in [2.24, 2.45) is 5.18 Å². The maximum Gasteiger partial charge on any atom is 0.124 e. The van der Waals surface area contributed by atoms with Crippen LogP contribution in [0.25, 0.3) is 0 Å². The van der Waals surface area contributed by atoms with Gasteiger partial charge in [0.05, 0.1) is 0 Å². The summed E-state index contributed by atoms with van der Waals surface area (Å²) in [5, 5.41) is 2.92. The number of thiol groups is 1. The molecule has 0 N–H and O–H groups in total. The zero-order chi connectivity index (χ0) is 9.14. The second-order valence-corrected chi connectivity index (χ2v) is 3.21. The summed E-state index contributed by atoms with van der Waals surface area (Å²) in [6.07, 6.45) is 0.952. The van der Waals surface area contributed by atoms with E-state index in [1.54, 1.807) is 0 Å². The molecule has 3 heteroatoms. The lowest BCUT2D eigenvalue weighted by molar-refractivity contribution is 1.11. The third kappa shape index (κ3) is 1.67. The van der Waals surface area contributed by atoms with E-state index >= 15 is 0 Å². The van der Waals surface area contributed by atoms with E-state index in [9.17, 15) is 4.91 Å². The van der Waals surface area contributed by atoms with Crippen LogP contribution < -0.4 is 0 Å². The molecule has 0 atom stereocenters. The Hall–Kier alpha value is -0.830. The third-order valence-electron chi connectivity index (χ3n) is 1.84. The van der Waals surface area contributed by atoms with Crippen molar-refractivity contribution < 1.29 is 0 Å². The highest BCUT2D eigenvalue weighted by Gasteiger charge is 2.04. The molecule has 64 valence electrons. The Morgan fingerprint density at radius 1 is 1.50 bits per heavy atom. The zero-order valence-electron chi connectivity index (χ0n) is 7.16. The van der Waals surface area contributed by atoms with Crippen LogP contribution in [0.1, 0.15) is 18.1 Å². The molecule has 0 fully saturated rings. The summed E-state index contributed by atoms with van der Waals surface area (Å²) in [7, 11) is 0. The van der Waals surface area contributed by atoms with Crippen LogP contribution in [0.5, 0.6) is 0 Å². The minimum atomic E-state index is 0.454. The maximum absolute atomic E-state index is 10.3. The molecular weight excluding hydrogens is 170 g/mol. The normalized spacial score (nSPS) is 9.92. The van der Waals surface area contributed by atoms with E-state index in [4.69, 9.17) is 0 Å². The molecule has 0 bridgehead atoms. The molecule has 0 saturated heterocycles. The van der Waals surface area contributed by atoms with E-state index in [1.165, 1.54) is 5.56 Å². The van der Waals surface area contributed by atoms with E-state index < -0.39 is 0 Å². The van der Waals surface area contributed by atoms with E-state index in [0.29, 0.717) is 10.6 Å². The molecule has 0 radical (unpaired) electrons. The molecule has 0 amide bonds. The van der Waals surface area contributed by atoms with Gasteiger partial charge in [0.15, 0.2) is 0 Å². The van der Waals surface area contributed by atoms with Crippen LogP contribution >= 0.6 is 12.6 Å². The Morgan fingerprint density at radius 2 is 2.17 bits per heavy atom. The van der Waals surface area contributed by atoms with Crippen molar-refractivity contribution in [3.8, 4) is 0 Å². The molecule has 0 heterocycles. The van der Waals surface area contributed by atoms with Crippen molar-refractivity contribution in [3.63, 3.8) is 0 Å². The van der Waals surface area contributed by atoms with Crippen LogP contribution in [0.3, 0.4) is 0 Å². The fourth-order valence-electron chi connectivity index (χ4n) is 1.16. The van der Waals surface area contributed by atoms with Crippen LogP contribution in [0.15, 0.2) is 22.2 Å². The lowest BCUT2D eigenvalue weighted by Crippen LogP contribution is -1.84. The summed E-state index contributed by atoms with van der Waals surface area (Å²) in [6.45, 7) is 3.94. The second kappa shape index (κ2) is 3.72. The van der Waals surface area contributed by atoms with Gasteiger partial charge in [-0.05, 0) is 35.7 Å². The summed E-state index contributed by atoms with van der Waals surface area (Å²) in [5.74, 6) is 0. The number of rotatable bonds is 2. The highest BCUT2D eigenvalue weighted by molar-refractivity contribution is 7.80. The van der Waals surface area contributed by atoms with Crippen molar-refractivity contribution in [3.05, 3.63) is 28.2 Å². The maximum atomic E-state index is 10.3. The number of benzene rings is 1. The molecule has 1 rings (SSSR count). The van der Waals surface area contributed by atoms with Gasteiger partial charge in [-0.3, -0.25) is 0 Å². The molecule has 1 aromatic carbocycles. The summed E-state index contributed by atoms with van der Waals surface area (Å²) in [6, 6.07) is 3.85. The standard InChI is InChI=1S/C9H11NOS/c1-3-7-4-6(2)9(10-11)8(12)5-7/h4-5,12H,3H2,1-2H3. The SMILES string of the molecule is CCc1cc(C)c(N=O)c(S)c1. The first kappa shape index (κ1) is 9.26. The number of hydrogen-bond donors (Lipinski definition) is 1. The van der Waals surface area contributed by atoms with Crippen LogP contribution in [0, 0.1) is 11.8 Å². The molecule has 0 aromatic heterocycles. The summed E-state index contributed by atoms with van der Waals surface area (Å²) < 4.78 is 0. The Bertz CT molecular complexity index is 286. The molecule has 0 unspecified atom stereocenters. The fraction of sp³-hybridized carbons (Fsp3) is 0.333. The Morgan fingerprint density at radius 3 is 2.58 bits per heavy atom. The monoisotopic (exact) mass is 181 g/mol. The molecule has 1 aromatic rings. The van der Waals surface area contributed by atoms with Crippen molar-refractivity contribution in [2.45, 2.75) is 25.2 Å². The highest BCUT2D eigenvalue weighted by atomic mass is 32.1. The van der Waals surface area contributed by atoms with E-state index in [0.717, 1.165) is 12.0 Å². The first-order chi connectivity index (χ1) is 5.69. The number of aryl methyl sites for hydroxylation is 2. The minimum Gasteiger partial charge on any atom is -0.145 e. The smallest absolute Gasteiger partial charge is 0.124 e. The average molecular weight is 181 g/mol. The molecule has 2 nitrogen and oxygen atoms in total. The van der Waals surface area contributed by atoms with Crippen LogP contribution in [-0.4, -0.2) is 0 Å². The third-order valence-corrected chi connectivity index (χ3v) is 2.18. The largest absolute Gasteiger partial charge is 0.145 e. The molecule has 0 aliphatic carbocycles. The van der Waals surface area contributed by atoms with Gasteiger partial charge in [-0.1, -0.05) is 13.0 Å². The number of nitrogens with zero attached hydrogens (tertiary/aromatic N) is 1. The lowest BCUT2D eigenvalue weighted by atomic mass is 10.1. The fourth-order valence-corrected chi connectivity index (χ4v) is 1.54. The zero-order valence-corrected chi connectivity index (χ0v) is 8.06. The van der Waals surface area contributed by atoms with Crippen LogP contribution in [-0.2, 0) is 6.42 Å². The van der Waals surface area contributed by atoms with Crippen molar-refractivity contribution >= 4 is 18.3 Å².